The zero-order valence-electron chi connectivity index (χ0n) is 1.87. The maximum atomic E-state index is 4.83. The molecule has 0 saturated heterocycles. The standard InChI is InChI=1S/CH2Cl2O/c2-1-4-3/h1H2. The minimum Gasteiger partial charge on any atom is -0.263 e. The van der Waals surface area contributed by atoms with E-state index in [1.165, 1.54) is 0 Å². The van der Waals surface area contributed by atoms with Crippen molar-refractivity contribution < 1.29 is 4.29 Å². The molecule has 0 fully saturated rings. The molecule has 0 aromatic rings. The van der Waals surface area contributed by atoms with Gasteiger partial charge in [-0.2, -0.15) is 0 Å². The molecule has 4 heavy (non-hydrogen) atoms. The van der Waals surface area contributed by atoms with Gasteiger partial charge in [-0.25, -0.2) is 0 Å². The van der Waals surface area contributed by atoms with Gasteiger partial charge < -0.3 is 0 Å². The molecule has 0 saturated carbocycles. The second kappa shape index (κ2) is 3.54. The Morgan fingerprint density at radius 3 is 2.00 bits per heavy atom. The minimum absolute atomic E-state index is 0.0571. The zero-order chi connectivity index (χ0) is 3.41. The van der Waals surface area contributed by atoms with Gasteiger partial charge in [0.15, 0.2) is 0 Å². The second-order valence-corrected chi connectivity index (χ2v) is 0.655. The first-order chi connectivity index (χ1) is 1.91. The third-order valence-electron chi connectivity index (χ3n) is 0.0412. The predicted molar refractivity (Wildman–Crippen MR) is 17.7 cm³/mol. The highest BCUT2D eigenvalue weighted by Crippen LogP contribution is 1.78. The van der Waals surface area contributed by atoms with Gasteiger partial charge in [0, 0.05) is 0 Å². The summed E-state index contributed by atoms with van der Waals surface area (Å²) < 4.78 is 3.78. The van der Waals surface area contributed by atoms with Crippen molar-refractivity contribution in [3.05, 3.63) is 0 Å². The molecule has 0 rings (SSSR count). The molecule has 0 amide bonds. The van der Waals surface area contributed by atoms with Crippen molar-refractivity contribution in [2.45, 2.75) is 0 Å². The van der Waals surface area contributed by atoms with Gasteiger partial charge in [-0.3, -0.25) is 4.29 Å². The summed E-state index contributed by atoms with van der Waals surface area (Å²) in [6, 6.07) is 0.0571. The van der Waals surface area contributed by atoms with Gasteiger partial charge in [0.2, 0.25) is 0 Å². The van der Waals surface area contributed by atoms with Crippen molar-refractivity contribution in [1.82, 2.24) is 0 Å². The van der Waals surface area contributed by atoms with Crippen LogP contribution < -0.4 is 0 Å². The molecule has 0 aliphatic heterocycles. The summed E-state index contributed by atoms with van der Waals surface area (Å²) in [7, 11) is 0. The van der Waals surface area contributed by atoms with Gasteiger partial charge in [-0.05, 0) is 0 Å². The Bertz CT molecular complexity index is 8.00. The Balaban J connectivity index is 1.97. The van der Waals surface area contributed by atoms with E-state index in [1.807, 2.05) is 0 Å². The van der Waals surface area contributed by atoms with Crippen LogP contribution in [0.5, 0.6) is 0 Å². The van der Waals surface area contributed by atoms with E-state index in [0.717, 1.165) is 0 Å². The molecule has 0 bridgehead atoms. The highest BCUT2D eigenvalue weighted by molar-refractivity contribution is 6.19. The number of hydrogen-bond acceptors (Lipinski definition) is 1. The molecule has 0 aromatic heterocycles. The Morgan fingerprint density at radius 1 is 1.75 bits per heavy atom. The van der Waals surface area contributed by atoms with E-state index in [0.29, 0.717) is 0 Å². The number of hydrogen-bond donors (Lipinski definition) is 0. The van der Waals surface area contributed by atoms with Crippen molar-refractivity contribution in [1.29, 1.82) is 0 Å². The van der Waals surface area contributed by atoms with Crippen LogP contribution in [0, 0.1) is 0 Å². The molecule has 0 aromatic carbocycles. The van der Waals surface area contributed by atoms with Crippen LogP contribution in [-0.4, -0.2) is 6.07 Å². The van der Waals surface area contributed by atoms with Crippen LogP contribution in [0.2, 0.25) is 0 Å². The number of alkyl halides is 1. The van der Waals surface area contributed by atoms with Gasteiger partial charge in [0.05, 0.1) is 11.9 Å². The largest absolute Gasteiger partial charge is 0.263 e. The third kappa shape index (κ3) is 2.54. The topological polar surface area (TPSA) is 9.23 Å². The molecule has 0 unspecified atom stereocenters. The molecule has 1 nitrogen and oxygen atoms in total. The lowest BCUT2D eigenvalue weighted by atomic mass is 11.7. The smallest absolute Gasteiger partial charge is 0.142 e. The monoisotopic (exact) mass is 99.9 g/mol. The number of halogens is 2. The summed E-state index contributed by atoms with van der Waals surface area (Å²) in [6.07, 6.45) is 0. The number of rotatable bonds is 1. The van der Waals surface area contributed by atoms with Crippen molar-refractivity contribution in [3.8, 4) is 0 Å². The van der Waals surface area contributed by atoms with E-state index in [1.54, 1.807) is 0 Å². The van der Waals surface area contributed by atoms with Crippen LogP contribution in [-0.2, 0) is 4.29 Å². The first-order valence-electron chi connectivity index (χ1n) is 0.710. The summed E-state index contributed by atoms with van der Waals surface area (Å²) in [5, 5.41) is 0. The molecule has 0 N–H and O–H groups in total. The summed E-state index contributed by atoms with van der Waals surface area (Å²) in [5.74, 6) is 0. The lowest BCUT2D eigenvalue weighted by Crippen LogP contribution is -1.58. The molecule has 0 aliphatic carbocycles. The summed E-state index contributed by atoms with van der Waals surface area (Å²) >= 11 is 9.39. The van der Waals surface area contributed by atoms with E-state index in [4.69, 9.17) is 11.6 Å². The van der Waals surface area contributed by atoms with Gasteiger partial charge in [-0.15, -0.1) is 0 Å². The molecule has 0 spiro atoms. The van der Waals surface area contributed by atoms with Gasteiger partial charge >= 0.3 is 0 Å². The SMILES string of the molecule is ClCOCl. The Hall–Kier alpha value is 0.540. The van der Waals surface area contributed by atoms with Crippen molar-refractivity contribution in [3.63, 3.8) is 0 Å². The van der Waals surface area contributed by atoms with Gasteiger partial charge in [0.1, 0.15) is 6.07 Å². The van der Waals surface area contributed by atoms with E-state index >= 15 is 0 Å². The van der Waals surface area contributed by atoms with Crippen LogP contribution in [0.3, 0.4) is 0 Å². The summed E-state index contributed by atoms with van der Waals surface area (Å²) in [5.41, 5.74) is 0. The Morgan fingerprint density at radius 2 is 2.00 bits per heavy atom. The average molecular weight is 101 g/mol. The van der Waals surface area contributed by atoms with E-state index < -0.39 is 0 Å². The first kappa shape index (κ1) is 4.54. The van der Waals surface area contributed by atoms with Crippen molar-refractivity contribution in [2.24, 2.45) is 0 Å². The molecule has 0 atom stereocenters. The van der Waals surface area contributed by atoms with E-state index in [2.05, 4.69) is 16.2 Å². The normalized spacial score (nSPS) is 7.50. The fourth-order valence-corrected chi connectivity index (χ4v) is 0. The molecule has 3 heteroatoms. The molecular formula is CH2Cl2O. The Labute approximate surface area is 34.6 Å². The van der Waals surface area contributed by atoms with Gasteiger partial charge in [0.25, 0.3) is 0 Å². The maximum Gasteiger partial charge on any atom is 0.142 e. The fourth-order valence-electron chi connectivity index (χ4n) is 0. The second-order valence-electron chi connectivity index (χ2n) is 0.218. The lowest BCUT2D eigenvalue weighted by molar-refractivity contribution is 0.433. The first-order valence-corrected chi connectivity index (χ1v) is 1.55. The average Bonchev–Trinajstić information content (AvgIpc) is 1.37. The van der Waals surface area contributed by atoms with Crippen LogP contribution in [0.4, 0.5) is 0 Å². The molecular weight excluding hydrogens is 98.9 g/mol. The van der Waals surface area contributed by atoms with Crippen molar-refractivity contribution in [2.75, 3.05) is 6.07 Å². The minimum atomic E-state index is 0.0571. The predicted octanol–water partition coefficient (Wildman–Crippen LogP) is 1.35. The highest BCUT2D eigenvalue weighted by atomic mass is 35.5. The highest BCUT2D eigenvalue weighted by Gasteiger charge is 1.58. The third-order valence-corrected chi connectivity index (χ3v) is 0.371. The van der Waals surface area contributed by atoms with Crippen LogP contribution in [0.1, 0.15) is 0 Å². The van der Waals surface area contributed by atoms with E-state index in [9.17, 15) is 0 Å². The molecule has 0 heterocycles. The quantitative estimate of drug-likeness (QED) is 0.453. The van der Waals surface area contributed by atoms with Gasteiger partial charge in [-0.1, -0.05) is 11.6 Å². The lowest BCUT2D eigenvalue weighted by Gasteiger charge is -1.68. The van der Waals surface area contributed by atoms with Crippen LogP contribution in [0.25, 0.3) is 0 Å². The summed E-state index contributed by atoms with van der Waals surface area (Å²) in [6.45, 7) is 0. The van der Waals surface area contributed by atoms with Crippen molar-refractivity contribution >= 4 is 23.5 Å². The summed E-state index contributed by atoms with van der Waals surface area (Å²) in [4.78, 5) is 0. The molecule has 0 radical (unpaired) electrons. The molecule has 26 valence electrons. The molecule has 0 aliphatic rings. The van der Waals surface area contributed by atoms with Crippen LogP contribution >= 0.6 is 23.5 Å². The fraction of sp³-hybridized carbons (Fsp3) is 1.00. The Kier molecular flexibility index (Phi) is 4.02. The zero-order valence-corrected chi connectivity index (χ0v) is 3.38. The maximum absolute atomic E-state index is 4.83. The van der Waals surface area contributed by atoms with E-state index in [-0.39, 0.29) is 6.07 Å². The van der Waals surface area contributed by atoms with Crippen LogP contribution in [0.15, 0.2) is 0 Å².